The number of benzene rings is 1. The molecule has 1 aromatic carbocycles. The summed E-state index contributed by atoms with van der Waals surface area (Å²) in [6, 6.07) is 9.62. The van der Waals surface area contributed by atoms with E-state index in [1.54, 1.807) is 11.8 Å². The third-order valence-electron chi connectivity index (χ3n) is 5.87. The van der Waals surface area contributed by atoms with Crippen molar-refractivity contribution < 1.29 is 24.2 Å². The Balaban J connectivity index is 1.65. The van der Waals surface area contributed by atoms with E-state index in [2.05, 4.69) is 9.97 Å². The van der Waals surface area contributed by atoms with Gasteiger partial charge in [0.2, 0.25) is 0 Å². The number of aliphatic carboxylic acids is 1. The fourth-order valence-electron chi connectivity index (χ4n) is 4.03. The number of ether oxygens (including phenoxy) is 1. The summed E-state index contributed by atoms with van der Waals surface area (Å²) in [5.41, 5.74) is 1.31. The summed E-state index contributed by atoms with van der Waals surface area (Å²) in [5.74, 6) is -0.757. The van der Waals surface area contributed by atoms with Gasteiger partial charge in [-0.05, 0) is 52.5 Å². The van der Waals surface area contributed by atoms with Crippen LogP contribution in [0, 0.1) is 6.92 Å². The lowest BCUT2D eigenvalue weighted by Crippen LogP contribution is -2.41. The standard InChI is InChI=1S/C26H34N4O5/c1-18-21(24(33)30(17-22(31)32)13-10-19-8-6-5-7-9-19)16-27-23(28-18)20-11-14-29(15-12-20)25(34)35-26(2,3)4/h5-9,16,20H,10-15,17H2,1-4H3,(H,31,32). The molecule has 0 aliphatic carbocycles. The Kier molecular flexibility index (Phi) is 8.43. The summed E-state index contributed by atoms with van der Waals surface area (Å²) in [7, 11) is 0. The van der Waals surface area contributed by atoms with Crippen LogP contribution in [0.5, 0.6) is 0 Å². The van der Waals surface area contributed by atoms with Crippen LogP contribution in [0.4, 0.5) is 4.79 Å². The van der Waals surface area contributed by atoms with Gasteiger partial charge in [0.05, 0.1) is 11.3 Å². The van der Waals surface area contributed by atoms with Crippen LogP contribution >= 0.6 is 0 Å². The number of amides is 2. The molecule has 1 N–H and O–H groups in total. The normalized spacial score (nSPS) is 14.5. The molecule has 2 heterocycles. The Morgan fingerprint density at radius 3 is 2.37 bits per heavy atom. The maximum atomic E-state index is 13.2. The Bertz CT molecular complexity index is 1040. The Morgan fingerprint density at radius 2 is 1.80 bits per heavy atom. The van der Waals surface area contributed by atoms with Crippen molar-refractivity contribution in [2.45, 2.75) is 58.5 Å². The number of nitrogens with zero attached hydrogens (tertiary/aromatic N) is 4. The van der Waals surface area contributed by atoms with Gasteiger partial charge >= 0.3 is 12.1 Å². The lowest BCUT2D eigenvalue weighted by atomic mass is 9.96. The average molecular weight is 483 g/mol. The molecule has 1 fully saturated rings. The maximum absolute atomic E-state index is 13.2. The molecule has 3 rings (SSSR count). The summed E-state index contributed by atoms with van der Waals surface area (Å²) in [6.07, 6.45) is 3.14. The van der Waals surface area contributed by atoms with Crippen LogP contribution in [-0.2, 0) is 16.0 Å². The minimum absolute atomic E-state index is 0.0738. The van der Waals surface area contributed by atoms with E-state index in [0.717, 1.165) is 5.56 Å². The molecule has 2 aromatic rings. The minimum Gasteiger partial charge on any atom is -0.480 e. The highest BCUT2D eigenvalue weighted by Crippen LogP contribution is 2.27. The van der Waals surface area contributed by atoms with Gasteiger partial charge in [0.15, 0.2) is 0 Å². The van der Waals surface area contributed by atoms with Crippen LogP contribution in [0.15, 0.2) is 36.5 Å². The SMILES string of the molecule is Cc1nc(C2CCN(C(=O)OC(C)(C)C)CC2)ncc1C(=O)N(CCc1ccccc1)CC(=O)O. The average Bonchev–Trinajstić information content (AvgIpc) is 2.80. The van der Waals surface area contributed by atoms with Crippen molar-refractivity contribution in [2.24, 2.45) is 0 Å². The molecular formula is C26H34N4O5. The van der Waals surface area contributed by atoms with Crippen LogP contribution in [0.25, 0.3) is 0 Å². The topological polar surface area (TPSA) is 113 Å². The van der Waals surface area contributed by atoms with Crippen LogP contribution in [0.2, 0.25) is 0 Å². The number of likely N-dealkylation sites (tertiary alicyclic amines) is 1. The molecule has 0 unspecified atom stereocenters. The molecular weight excluding hydrogens is 448 g/mol. The second kappa shape index (κ2) is 11.3. The summed E-state index contributed by atoms with van der Waals surface area (Å²) in [5, 5.41) is 9.32. The van der Waals surface area contributed by atoms with Crippen LogP contribution < -0.4 is 0 Å². The predicted octanol–water partition coefficient (Wildman–Crippen LogP) is 3.67. The van der Waals surface area contributed by atoms with Gasteiger partial charge in [0.25, 0.3) is 5.91 Å². The maximum Gasteiger partial charge on any atom is 0.410 e. The molecule has 0 bridgehead atoms. The fraction of sp³-hybridized carbons (Fsp3) is 0.500. The summed E-state index contributed by atoms with van der Waals surface area (Å²) >= 11 is 0. The molecule has 9 nitrogen and oxygen atoms in total. The first-order chi connectivity index (χ1) is 16.5. The summed E-state index contributed by atoms with van der Waals surface area (Å²) in [4.78, 5) is 48.9. The van der Waals surface area contributed by atoms with Crippen molar-refractivity contribution in [3.8, 4) is 0 Å². The number of rotatable bonds is 7. The Hall–Kier alpha value is -3.49. The largest absolute Gasteiger partial charge is 0.480 e. The monoisotopic (exact) mass is 482 g/mol. The molecule has 0 saturated carbocycles. The van der Waals surface area contributed by atoms with Crippen molar-refractivity contribution in [1.82, 2.24) is 19.8 Å². The smallest absolute Gasteiger partial charge is 0.410 e. The number of aromatic nitrogens is 2. The predicted molar refractivity (Wildman–Crippen MR) is 130 cm³/mol. The Morgan fingerprint density at radius 1 is 1.14 bits per heavy atom. The molecule has 0 atom stereocenters. The molecule has 2 amide bonds. The van der Waals surface area contributed by atoms with Crippen molar-refractivity contribution >= 4 is 18.0 Å². The van der Waals surface area contributed by atoms with Gasteiger partial charge < -0.3 is 19.6 Å². The van der Waals surface area contributed by atoms with Gasteiger partial charge in [-0.25, -0.2) is 14.8 Å². The molecule has 1 aliphatic heterocycles. The number of carboxylic acid groups (broad SMARTS) is 1. The highest BCUT2D eigenvalue weighted by molar-refractivity contribution is 5.96. The van der Waals surface area contributed by atoms with E-state index in [9.17, 15) is 19.5 Å². The second-order valence-corrected chi connectivity index (χ2v) is 9.82. The molecule has 1 aromatic heterocycles. The lowest BCUT2D eigenvalue weighted by molar-refractivity contribution is -0.137. The van der Waals surface area contributed by atoms with Crippen LogP contribution in [-0.4, -0.2) is 74.6 Å². The highest BCUT2D eigenvalue weighted by atomic mass is 16.6. The number of carbonyl (C=O) groups is 3. The van der Waals surface area contributed by atoms with Crippen molar-refractivity contribution in [3.63, 3.8) is 0 Å². The first-order valence-corrected chi connectivity index (χ1v) is 11.9. The highest BCUT2D eigenvalue weighted by Gasteiger charge is 2.29. The van der Waals surface area contributed by atoms with Gasteiger partial charge in [0.1, 0.15) is 18.0 Å². The van der Waals surface area contributed by atoms with Crippen molar-refractivity contribution in [1.29, 1.82) is 0 Å². The third kappa shape index (κ3) is 7.50. The fourth-order valence-corrected chi connectivity index (χ4v) is 4.03. The van der Waals surface area contributed by atoms with E-state index in [4.69, 9.17) is 4.74 Å². The molecule has 1 aliphatic rings. The van der Waals surface area contributed by atoms with E-state index in [-0.39, 0.29) is 18.6 Å². The Labute approximate surface area is 206 Å². The molecule has 35 heavy (non-hydrogen) atoms. The van der Waals surface area contributed by atoms with Gasteiger partial charge in [0, 0.05) is 31.7 Å². The zero-order chi connectivity index (χ0) is 25.6. The molecule has 0 spiro atoms. The molecule has 9 heteroatoms. The first kappa shape index (κ1) is 26.1. The van der Waals surface area contributed by atoms with Gasteiger partial charge in [-0.15, -0.1) is 0 Å². The number of aryl methyl sites for hydroxylation is 1. The summed E-state index contributed by atoms with van der Waals surface area (Å²) < 4.78 is 5.45. The van der Waals surface area contributed by atoms with E-state index in [1.165, 1.54) is 11.1 Å². The molecule has 1 saturated heterocycles. The quantitative estimate of drug-likeness (QED) is 0.641. The number of carboxylic acids is 1. The first-order valence-electron chi connectivity index (χ1n) is 11.9. The van der Waals surface area contributed by atoms with Gasteiger partial charge in [-0.2, -0.15) is 0 Å². The summed E-state index contributed by atoms with van der Waals surface area (Å²) in [6.45, 7) is 8.26. The van der Waals surface area contributed by atoms with Gasteiger partial charge in [-0.1, -0.05) is 30.3 Å². The number of piperidine rings is 1. The number of hydrogen-bond acceptors (Lipinski definition) is 6. The van der Waals surface area contributed by atoms with E-state index < -0.39 is 24.0 Å². The van der Waals surface area contributed by atoms with E-state index in [0.29, 0.717) is 49.4 Å². The lowest BCUT2D eigenvalue weighted by Gasteiger charge is -2.33. The van der Waals surface area contributed by atoms with E-state index >= 15 is 0 Å². The zero-order valence-corrected chi connectivity index (χ0v) is 20.9. The molecule has 0 radical (unpaired) electrons. The number of hydrogen-bond donors (Lipinski definition) is 1. The second-order valence-electron chi connectivity index (χ2n) is 9.82. The molecule has 188 valence electrons. The third-order valence-corrected chi connectivity index (χ3v) is 5.87. The van der Waals surface area contributed by atoms with E-state index in [1.807, 2.05) is 51.1 Å². The van der Waals surface area contributed by atoms with Crippen LogP contribution in [0.3, 0.4) is 0 Å². The van der Waals surface area contributed by atoms with Gasteiger partial charge in [-0.3, -0.25) is 9.59 Å². The van der Waals surface area contributed by atoms with Crippen LogP contribution in [0.1, 0.15) is 67.0 Å². The van der Waals surface area contributed by atoms with Crippen molar-refractivity contribution in [2.75, 3.05) is 26.2 Å². The van der Waals surface area contributed by atoms with Crippen molar-refractivity contribution in [3.05, 3.63) is 59.2 Å². The number of carbonyl (C=O) groups excluding carboxylic acids is 2. The zero-order valence-electron chi connectivity index (χ0n) is 20.9. The minimum atomic E-state index is -1.07.